The van der Waals surface area contributed by atoms with Crippen LogP contribution in [0, 0.1) is 0 Å². The summed E-state index contributed by atoms with van der Waals surface area (Å²) in [5.41, 5.74) is 14.4. The Balaban J connectivity index is 2.53. The maximum atomic E-state index is 9.06. The molecule has 0 spiro atoms. The van der Waals surface area contributed by atoms with Crippen LogP contribution in [0.4, 0.5) is 11.4 Å². The van der Waals surface area contributed by atoms with Gasteiger partial charge in [0, 0.05) is 34.8 Å². The second-order valence-electron chi connectivity index (χ2n) is 3.25. The van der Waals surface area contributed by atoms with E-state index >= 15 is 0 Å². The van der Waals surface area contributed by atoms with E-state index in [0.717, 1.165) is 11.1 Å². The number of hydrogen-bond donors (Lipinski definition) is 3. The number of hydrogen-bond acceptors (Lipinski definition) is 4. The topological polar surface area (TPSA) is 85.2 Å². The van der Waals surface area contributed by atoms with Gasteiger partial charge >= 0.3 is 0 Å². The molecule has 0 unspecified atom stereocenters. The number of aromatic nitrogens is 1. The highest BCUT2D eigenvalue weighted by Gasteiger charge is 2.03. The lowest BCUT2D eigenvalue weighted by molar-refractivity contribution is 0.453. The Kier molecular flexibility index (Phi) is 2.17. The lowest BCUT2D eigenvalue weighted by Gasteiger charge is -2.06. The molecular formula is C11H11N3O. The van der Waals surface area contributed by atoms with Crippen LogP contribution in [0.25, 0.3) is 11.1 Å². The van der Waals surface area contributed by atoms with Gasteiger partial charge in [0.05, 0.1) is 0 Å². The minimum Gasteiger partial charge on any atom is -0.493 e. The van der Waals surface area contributed by atoms with Crippen LogP contribution in [-0.2, 0) is 0 Å². The molecule has 0 aliphatic carbocycles. The predicted molar refractivity (Wildman–Crippen MR) is 60.2 cm³/mol. The van der Waals surface area contributed by atoms with Crippen molar-refractivity contribution < 1.29 is 5.11 Å². The van der Waals surface area contributed by atoms with E-state index in [9.17, 15) is 0 Å². The maximum absolute atomic E-state index is 9.06. The Labute approximate surface area is 87.2 Å². The van der Waals surface area contributed by atoms with E-state index in [1.807, 2.05) is 0 Å². The van der Waals surface area contributed by atoms with Crippen molar-refractivity contribution in [1.82, 2.24) is 4.98 Å². The predicted octanol–water partition coefficient (Wildman–Crippen LogP) is 1.62. The molecule has 76 valence electrons. The van der Waals surface area contributed by atoms with Gasteiger partial charge in [0.25, 0.3) is 0 Å². The van der Waals surface area contributed by atoms with Gasteiger partial charge in [-0.25, -0.2) is 4.98 Å². The molecule has 0 atom stereocenters. The first kappa shape index (κ1) is 9.33. The zero-order chi connectivity index (χ0) is 10.8. The summed E-state index contributed by atoms with van der Waals surface area (Å²) in [5.74, 6) is -0.0128. The molecule has 2 aromatic rings. The number of pyridine rings is 1. The number of nitrogens with two attached hydrogens (primary N) is 2. The van der Waals surface area contributed by atoms with Crippen LogP contribution in [0.15, 0.2) is 36.5 Å². The van der Waals surface area contributed by atoms with Crippen LogP contribution in [0.5, 0.6) is 5.88 Å². The molecule has 0 saturated carbocycles. The van der Waals surface area contributed by atoms with E-state index in [-0.39, 0.29) is 5.88 Å². The average molecular weight is 201 g/mol. The molecule has 1 heterocycles. The number of anilines is 2. The fourth-order valence-electron chi connectivity index (χ4n) is 1.37. The summed E-state index contributed by atoms with van der Waals surface area (Å²) in [5, 5.41) is 9.06. The van der Waals surface area contributed by atoms with Crippen LogP contribution < -0.4 is 11.5 Å². The zero-order valence-electron chi connectivity index (χ0n) is 8.01. The van der Waals surface area contributed by atoms with Gasteiger partial charge in [-0.3, -0.25) is 0 Å². The Morgan fingerprint density at radius 3 is 2.53 bits per heavy atom. The highest BCUT2D eigenvalue weighted by molar-refractivity contribution is 5.78. The van der Waals surface area contributed by atoms with Gasteiger partial charge in [-0.05, 0) is 24.3 Å². The lowest BCUT2D eigenvalue weighted by atomic mass is 10.1. The van der Waals surface area contributed by atoms with E-state index in [4.69, 9.17) is 16.6 Å². The van der Waals surface area contributed by atoms with Crippen LogP contribution in [0.2, 0.25) is 0 Å². The third kappa shape index (κ3) is 1.83. The molecule has 0 saturated heterocycles. The molecule has 0 aliphatic heterocycles. The van der Waals surface area contributed by atoms with Crippen molar-refractivity contribution in [3.8, 4) is 17.0 Å². The van der Waals surface area contributed by atoms with Crippen molar-refractivity contribution in [1.29, 1.82) is 0 Å². The van der Waals surface area contributed by atoms with Crippen molar-refractivity contribution >= 4 is 11.4 Å². The summed E-state index contributed by atoms with van der Waals surface area (Å²) in [7, 11) is 0. The van der Waals surface area contributed by atoms with Gasteiger partial charge in [-0.2, -0.15) is 0 Å². The molecule has 0 radical (unpaired) electrons. The molecule has 0 amide bonds. The molecule has 1 aromatic heterocycles. The number of benzene rings is 1. The number of aromatic hydroxyl groups is 1. The van der Waals surface area contributed by atoms with E-state index in [1.54, 1.807) is 30.5 Å². The van der Waals surface area contributed by atoms with E-state index in [2.05, 4.69) is 4.98 Å². The summed E-state index contributed by atoms with van der Waals surface area (Å²) in [6, 6.07) is 8.53. The fourth-order valence-corrected chi connectivity index (χ4v) is 1.37. The number of nitrogen functional groups attached to an aromatic ring is 2. The Morgan fingerprint density at radius 1 is 1.07 bits per heavy atom. The first-order valence-corrected chi connectivity index (χ1v) is 4.47. The van der Waals surface area contributed by atoms with Crippen molar-refractivity contribution in [2.24, 2.45) is 0 Å². The molecular weight excluding hydrogens is 190 g/mol. The zero-order valence-corrected chi connectivity index (χ0v) is 8.01. The Bertz CT molecular complexity index is 480. The van der Waals surface area contributed by atoms with Crippen molar-refractivity contribution in [2.75, 3.05) is 11.5 Å². The second-order valence-corrected chi connectivity index (χ2v) is 3.25. The monoisotopic (exact) mass is 201 g/mol. The average Bonchev–Trinajstić information content (AvgIpc) is 2.23. The second kappa shape index (κ2) is 3.49. The van der Waals surface area contributed by atoms with Gasteiger partial charge in [-0.1, -0.05) is 0 Å². The minimum atomic E-state index is -0.0128. The van der Waals surface area contributed by atoms with E-state index < -0.39 is 0 Å². The Morgan fingerprint density at radius 2 is 1.87 bits per heavy atom. The van der Waals surface area contributed by atoms with Gasteiger partial charge < -0.3 is 16.6 Å². The highest BCUT2D eigenvalue weighted by atomic mass is 16.3. The van der Waals surface area contributed by atoms with Crippen LogP contribution in [-0.4, -0.2) is 10.1 Å². The first-order chi connectivity index (χ1) is 7.16. The van der Waals surface area contributed by atoms with Gasteiger partial charge in [0.1, 0.15) is 0 Å². The first-order valence-electron chi connectivity index (χ1n) is 4.47. The van der Waals surface area contributed by atoms with Gasteiger partial charge in [0.15, 0.2) is 0 Å². The summed E-state index contributed by atoms with van der Waals surface area (Å²) in [4.78, 5) is 3.79. The highest BCUT2D eigenvalue weighted by Crippen LogP contribution is 2.27. The van der Waals surface area contributed by atoms with Crippen molar-refractivity contribution in [2.45, 2.75) is 0 Å². The standard InChI is InChI=1S/C11H11N3O/c12-8-2-3-10(13)9(5-8)7-1-4-11(15)14-6-7/h1-6H,12-13H2,(H,14,15). The molecule has 4 nitrogen and oxygen atoms in total. The summed E-state index contributed by atoms with van der Waals surface area (Å²) >= 11 is 0. The molecule has 4 heteroatoms. The summed E-state index contributed by atoms with van der Waals surface area (Å²) in [6.45, 7) is 0. The van der Waals surface area contributed by atoms with E-state index in [0.29, 0.717) is 11.4 Å². The molecule has 0 aliphatic rings. The minimum absolute atomic E-state index is 0.0128. The smallest absolute Gasteiger partial charge is 0.210 e. The molecule has 15 heavy (non-hydrogen) atoms. The van der Waals surface area contributed by atoms with Gasteiger partial charge in [0.2, 0.25) is 5.88 Å². The summed E-state index contributed by atoms with van der Waals surface area (Å²) in [6.07, 6.45) is 1.56. The Hall–Kier alpha value is -2.23. The van der Waals surface area contributed by atoms with Crippen LogP contribution in [0.3, 0.4) is 0 Å². The molecule has 5 N–H and O–H groups in total. The molecule has 0 fully saturated rings. The summed E-state index contributed by atoms with van der Waals surface area (Å²) < 4.78 is 0. The normalized spacial score (nSPS) is 10.1. The fraction of sp³-hybridized carbons (Fsp3) is 0. The molecule has 2 rings (SSSR count). The van der Waals surface area contributed by atoms with Gasteiger partial charge in [-0.15, -0.1) is 0 Å². The van der Waals surface area contributed by atoms with Crippen molar-refractivity contribution in [3.63, 3.8) is 0 Å². The van der Waals surface area contributed by atoms with Crippen molar-refractivity contribution in [3.05, 3.63) is 36.5 Å². The van der Waals surface area contributed by atoms with Crippen LogP contribution >= 0.6 is 0 Å². The molecule has 0 bridgehead atoms. The third-order valence-electron chi connectivity index (χ3n) is 2.14. The van der Waals surface area contributed by atoms with E-state index in [1.165, 1.54) is 6.07 Å². The molecule has 1 aromatic carbocycles. The van der Waals surface area contributed by atoms with Crippen LogP contribution in [0.1, 0.15) is 0 Å². The lowest BCUT2D eigenvalue weighted by Crippen LogP contribution is -1.93. The maximum Gasteiger partial charge on any atom is 0.210 e. The third-order valence-corrected chi connectivity index (χ3v) is 2.14. The SMILES string of the molecule is Nc1ccc(N)c(-c2ccc(O)nc2)c1. The largest absolute Gasteiger partial charge is 0.493 e. The number of nitrogens with zero attached hydrogens (tertiary/aromatic N) is 1. The quantitative estimate of drug-likeness (QED) is 0.612. The number of rotatable bonds is 1.